The summed E-state index contributed by atoms with van der Waals surface area (Å²) in [5.74, 6) is 1.47. The van der Waals surface area contributed by atoms with Crippen LogP contribution >= 0.6 is 0 Å². The van der Waals surface area contributed by atoms with Gasteiger partial charge in [-0.3, -0.25) is 4.98 Å². The molecule has 4 nitrogen and oxygen atoms in total. The van der Waals surface area contributed by atoms with Crippen molar-refractivity contribution in [2.75, 3.05) is 13.2 Å². The van der Waals surface area contributed by atoms with Crippen molar-refractivity contribution in [3.8, 4) is 11.5 Å². The maximum absolute atomic E-state index is 6.32. The summed E-state index contributed by atoms with van der Waals surface area (Å²) in [6, 6.07) is 11.4. The Morgan fingerprint density at radius 2 is 1.76 bits per heavy atom. The van der Waals surface area contributed by atoms with Crippen LogP contribution in [0.3, 0.4) is 0 Å². The van der Waals surface area contributed by atoms with Gasteiger partial charge in [0.25, 0.3) is 0 Å². The van der Waals surface area contributed by atoms with Gasteiger partial charge in [-0.2, -0.15) is 0 Å². The molecule has 2 aromatic rings. The smallest absolute Gasteiger partial charge is 0.161 e. The van der Waals surface area contributed by atoms with E-state index >= 15 is 0 Å². The summed E-state index contributed by atoms with van der Waals surface area (Å²) >= 11 is 0. The number of rotatable bonds is 6. The molecule has 1 unspecified atom stereocenters. The van der Waals surface area contributed by atoms with Crippen LogP contribution in [-0.2, 0) is 0 Å². The number of pyridine rings is 1. The highest BCUT2D eigenvalue weighted by molar-refractivity contribution is 5.45. The molecule has 0 bridgehead atoms. The van der Waals surface area contributed by atoms with E-state index in [1.807, 2.05) is 57.2 Å². The van der Waals surface area contributed by atoms with Crippen LogP contribution in [-0.4, -0.2) is 18.2 Å². The number of nitrogens with two attached hydrogens (primary N) is 1. The quantitative estimate of drug-likeness (QED) is 0.885. The van der Waals surface area contributed by atoms with E-state index in [0.29, 0.717) is 13.2 Å². The third-order valence-electron chi connectivity index (χ3n) is 3.16. The number of nitrogens with zero attached hydrogens (tertiary/aromatic N) is 1. The number of aryl methyl sites for hydroxylation is 1. The van der Waals surface area contributed by atoms with Gasteiger partial charge in [-0.15, -0.1) is 0 Å². The number of aromatic nitrogens is 1. The van der Waals surface area contributed by atoms with Crippen molar-refractivity contribution in [1.82, 2.24) is 4.98 Å². The second-order valence-electron chi connectivity index (χ2n) is 4.75. The zero-order valence-corrected chi connectivity index (χ0v) is 12.8. The molecule has 0 fully saturated rings. The van der Waals surface area contributed by atoms with E-state index in [9.17, 15) is 0 Å². The zero-order chi connectivity index (χ0) is 15.2. The van der Waals surface area contributed by atoms with Gasteiger partial charge in [0.2, 0.25) is 0 Å². The fourth-order valence-electron chi connectivity index (χ4n) is 2.17. The van der Waals surface area contributed by atoms with Crippen molar-refractivity contribution in [2.24, 2.45) is 5.73 Å². The molecule has 0 saturated heterocycles. The van der Waals surface area contributed by atoms with E-state index in [2.05, 4.69) is 4.98 Å². The minimum absolute atomic E-state index is 0.278. The highest BCUT2D eigenvalue weighted by atomic mass is 16.5. The first-order valence-electron chi connectivity index (χ1n) is 7.24. The Kier molecular flexibility index (Phi) is 5.17. The maximum atomic E-state index is 6.32. The molecular weight excluding hydrogens is 264 g/mol. The van der Waals surface area contributed by atoms with E-state index in [-0.39, 0.29) is 6.04 Å². The van der Waals surface area contributed by atoms with Gasteiger partial charge in [0.05, 0.1) is 24.9 Å². The Bertz CT molecular complexity index is 599. The number of benzene rings is 1. The number of hydrogen-bond donors (Lipinski definition) is 1. The highest BCUT2D eigenvalue weighted by Gasteiger charge is 2.14. The Hall–Kier alpha value is -2.07. The predicted octanol–water partition coefficient (Wildman–Crippen LogP) is 3.24. The fourth-order valence-corrected chi connectivity index (χ4v) is 2.17. The highest BCUT2D eigenvalue weighted by Crippen LogP contribution is 2.31. The molecule has 0 aliphatic rings. The van der Waals surface area contributed by atoms with E-state index < -0.39 is 0 Å². The molecule has 0 spiro atoms. The lowest BCUT2D eigenvalue weighted by Gasteiger charge is -2.16. The first-order chi connectivity index (χ1) is 10.2. The summed E-state index contributed by atoms with van der Waals surface area (Å²) in [6.07, 6.45) is 0. The molecule has 21 heavy (non-hydrogen) atoms. The predicted molar refractivity (Wildman–Crippen MR) is 83.8 cm³/mol. The monoisotopic (exact) mass is 286 g/mol. The normalized spacial score (nSPS) is 12.0. The minimum atomic E-state index is -0.278. The Labute approximate surface area is 125 Å². The summed E-state index contributed by atoms with van der Waals surface area (Å²) in [5.41, 5.74) is 9.08. The van der Waals surface area contributed by atoms with E-state index in [1.54, 1.807) is 0 Å². The second-order valence-corrected chi connectivity index (χ2v) is 4.75. The standard InChI is InChI=1S/C17H22N2O2/c1-4-20-15-10-9-13(11-16(15)21-5-2)17(18)14-8-6-7-12(3)19-14/h6-11,17H,4-5,18H2,1-3H3. The largest absolute Gasteiger partial charge is 0.490 e. The van der Waals surface area contributed by atoms with Gasteiger partial charge in [-0.1, -0.05) is 12.1 Å². The zero-order valence-electron chi connectivity index (χ0n) is 12.8. The van der Waals surface area contributed by atoms with Crippen molar-refractivity contribution in [2.45, 2.75) is 26.8 Å². The summed E-state index contributed by atoms with van der Waals surface area (Å²) in [6.45, 7) is 7.04. The molecule has 2 N–H and O–H groups in total. The van der Waals surface area contributed by atoms with Gasteiger partial charge in [0.15, 0.2) is 11.5 Å². The molecule has 1 aromatic carbocycles. The first kappa shape index (κ1) is 15.3. The van der Waals surface area contributed by atoms with Gasteiger partial charge < -0.3 is 15.2 Å². The summed E-state index contributed by atoms with van der Waals surface area (Å²) in [5, 5.41) is 0. The van der Waals surface area contributed by atoms with Crippen molar-refractivity contribution in [3.63, 3.8) is 0 Å². The molecule has 0 amide bonds. The van der Waals surface area contributed by atoms with Gasteiger partial charge >= 0.3 is 0 Å². The summed E-state index contributed by atoms with van der Waals surface area (Å²) < 4.78 is 11.2. The van der Waals surface area contributed by atoms with Crippen molar-refractivity contribution in [3.05, 3.63) is 53.3 Å². The molecule has 1 aromatic heterocycles. The average Bonchev–Trinajstić information content (AvgIpc) is 2.49. The topological polar surface area (TPSA) is 57.4 Å². The Morgan fingerprint density at radius 3 is 2.43 bits per heavy atom. The van der Waals surface area contributed by atoms with Crippen molar-refractivity contribution >= 4 is 0 Å². The van der Waals surface area contributed by atoms with Crippen LogP contribution < -0.4 is 15.2 Å². The molecule has 2 rings (SSSR count). The molecule has 0 aliphatic carbocycles. The van der Waals surface area contributed by atoms with Crippen LogP contribution in [0.4, 0.5) is 0 Å². The van der Waals surface area contributed by atoms with Crippen molar-refractivity contribution in [1.29, 1.82) is 0 Å². The third kappa shape index (κ3) is 3.73. The lowest BCUT2D eigenvalue weighted by Crippen LogP contribution is -2.14. The molecule has 1 atom stereocenters. The molecule has 0 saturated carbocycles. The fraction of sp³-hybridized carbons (Fsp3) is 0.353. The number of ether oxygens (including phenoxy) is 2. The van der Waals surface area contributed by atoms with Crippen LogP contribution in [0, 0.1) is 6.92 Å². The van der Waals surface area contributed by atoms with Gasteiger partial charge in [-0.05, 0) is 50.6 Å². The van der Waals surface area contributed by atoms with Crippen LogP contribution in [0.25, 0.3) is 0 Å². The molecule has 1 heterocycles. The van der Waals surface area contributed by atoms with Crippen LogP contribution in [0.5, 0.6) is 11.5 Å². The lowest BCUT2D eigenvalue weighted by atomic mass is 10.0. The Balaban J connectivity index is 2.32. The molecular formula is C17H22N2O2. The molecule has 112 valence electrons. The van der Waals surface area contributed by atoms with Crippen molar-refractivity contribution < 1.29 is 9.47 Å². The van der Waals surface area contributed by atoms with E-state index in [0.717, 1.165) is 28.5 Å². The summed E-state index contributed by atoms with van der Waals surface area (Å²) in [7, 11) is 0. The summed E-state index contributed by atoms with van der Waals surface area (Å²) in [4.78, 5) is 4.49. The van der Waals surface area contributed by atoms with Crippen LogP contribution in [0.2, 0.25) is 0 Å². The van der Waals surface area contributed by atoms with Gasteiger partial charge in [0, 0.05) is 5.69 Å². The number of hydrogen-bond acceptors (Lipinski definition) is 4. The molecule has 0 radical (unpaired) electrons. The Morgan fingerprint density at radius 1 is 1.05 bits per heavy atom. The van der Waals surface area contributed by atoms with E-state index in [1.165, 1.54) is 0 Å². The van der Waals surface area contributed by atoms with Gasteiger partial charge in [-0.25, -0.2) is 0 Å². The minimum Gasteiger partial charge on any atom is -0.490 e. The lowest BCUT2D eigenvalue weighted by molar-refractivity contribution is 0.287. The second kappa shape index (κ2) is 7.09. The third-order valence-corrected chi connectivity index (χ3v) is 3.16. The SMILES string of the molecule is CCOc1ccc(C(N)c2cccc(C)n2)cc1OCC. The van der Waals surface area contributed by atoms with Crippen LogP contribution in [0.1, 0.15) is 36.8 Å². The first-order valence-corrected chi connectivity index (χ1v) is 7.24. The van der Waals surface area contributed by atoms with Crippen LogP contribution in [0.15, 0.2) is 36.4 Å². The van der Waals surface area contributed by atoms with E-state index in [4.69, 9.17) is 15.2 Å². The average molecular weight is 286 g/mol. The molecule has 4 heteroatoms. The maximum Gasteiger partial charge on any atom is 0.161 e. The van der Waals surface area contributed by atoms with Gasteiger partial charge in [0.1, 0.15) is 0 Å². The molecule has 0 aliphatic heterocycles.